The molecule has 0 aliphatic rings. The maximum absolute atomic E-state index is 12.7. The number of carbonyl (C=O) groups is 5. The zero-order chi connectivity index (χ0) is 22.7. The minimum atomic E-state index is -1.50. The van der Waals surface area contributed by atoms with Crippen molar-refractivity contribution in [3.05, 3.63) is 0 Å². The van der Waals surface area contributed by atoms with Crippen LogP contribution in [0.2, 0.25) is 0 Å². The third-order valence-electron chi connectivity index (χ3n) is 3.90. The quantitative estimate of drug-likeness (QED) is 0.209. The number of amides is 4. The second-order valence-electron chi connectivity index (χ2n) is 7.71. The summed E-state index contributed by atoms with van der Waals surface area (Å²) in [6, 6.07) is -3.45. The topological polar surface area (TPSA) is 194 Å². The Hall–Kier alpha value is -2.69. The van der Waals surface area contributed by atoms with Gasteiger partial charge >= 0.3 is 5.97 Å². The van der Waals surface area contributed by atoms with Gasteiger partial charge in [-0.05, 0) is 24.7 Å². The van der Waals surface area contributed by atoms with Crippen LogP contribution in [0, 0.1) is 11.8 Å². The Labute approximate surface area is 170 Å². The van der Waals surface area contributed by atoms with E-state index in [0.717, 1.165) is 0 Å². The number of hydrogen-bond donors (Lipinski definition) is 6. The van der Waals surface area contributed by atoms with Gasteiger partial charge in [0.25, 0.3) is 0 Å². The fraction of sp³-hybridized carbons (Fsp3) is 0.722. The van der Waals surface area contributed by atoms with Crippen LogP contribution < -0.4 is 27.4 Å². The van der Waals surface area contributed by atoms with Crippen molar-refractivity contribution in [2.75, 3.05) is 6.54 Å². The van der Waals surface area contributed by atoms with Crippen LogP contribution >= 0.6 is 0 Å². The molecule has 0 fully saturated rings. The van der Waals surface area contributed by atoms with Crippen LogP contribution in [0.5, 0.6) is 0 Å². The SMILES string of the molecule is CC(C)CC(NC(=O)CN)C(=O)NC(CC(C)C)C(=O)NC(CC(N)=O)C(=O)O. The summed E-state index contributed by atoms with van der Waals surface area (Å²) in [5.41, 5.74) is 10.3. The van der Waals surface area contributed by atoms with E-state index in [0.29, 0.717) is 6.42 Å². The van der Waals surface area contributed by atoms with E-state index in [2.05, 4.69) is 16.0 Å². The van der Waals surface area contributed by atoms with Crippen LogP contribution in [0.15, 0.2) is 0 Å². The molecule has 0 aromatic rings. The molecule has 0 aromatic carbocycles. The minimum absolute atomic E-state index is 0.00681. The Bertz CT molecular complexity index is 608. The number of nitrogens with two attached hydrogens (primary N) is 2. The molecule has 3 unspecified atom stereocenters. The molecular formula is C18H33N5O6. The first-order chi connectivity index (χ1) is 13.4. The predicted molar refractivity (Wildman–Crippen MR) is 105 cm³/mol. The summed E-state index contributed by atoms with van der Waals surface area (Å²) in [7, 11) is 0. The first kappa shape index (κ1) is 26.3. The molecule has 0 aliphatic heterocycles. The van der Waals surface area contributed by atoms with Crippen molar-refractivity contribution in [2.45, 2.75) is 65.1 Å². The molecule has 0 bridgehead atoms. The maximum Gasteiger partial charge on any atom is 0.326 e. The third kappa shape index (κ3) is 11.0. The summed E-state index contributed by atoms with van der Waals surface area (Å²) in [5.74, 6) is -4.08. The fourth-order valence-electron chi connectivity index (χ4n) is 2.60. The average Bonchev–Trinajstić information content (AvgIpc) is 2.58. The highest BCUT2D eigenvalue weighted by atomic mass is 16.4. The first-order valence-corrected chi connectivity index (χ1v) is 9.48. The van der Waals surface area contributed by atoms with E-state index < -0.39 is 54.1 Å². The molecule has 11 heteroatoms. The molecule has 11 nitrogen and oxygen atoms in total. The van der Waals surface area contributed by atoms with E-state index in [4.69, 9.17) is 16.6 Å². The van der Waals surface area contributed by atoms with Gasteiger partial charge < -0.3 is 32.5 Å². The number of hydrogen-bond acceptors (Lipinski definition) is 6. The zero-order valence-corrected chi connectivity index (χ0v) is 17.4. The van der Waals surface area contributed by atoms with Gasteiger partial charge in [-0.15, -0.1) is 0 Å². The van der Waals surface area contributed by atoms with Crippen molar-refractivity contribution in [3.8, 4) is 0 Å². The molecule has 0 radical (unpaired) electrons. The number of aliphatic carboxylic acids is 1. The number of nitrogens with one attached hydrogen (secondary N) is 3. The Morgan fingerprint density at radius 2 is 1.21 bits per heavy atom. The molecule has 0 aliphatic carbocycles. The lowest BCUT2D eigenvalue weighted by Gasteiger charge is -2.26. The van der Waals surface area contributed by atoms with Crippen LogP contribution in [-0.4, -0.2) is 59.4 Å². The molecular weight excluding hydrogens is 382 g/mol. The zero-order valence-electron chi connectivity index (χ0n) is 17.4. The normalized spacial score (nSPS) is 14.0. The van der Waals surface area contributed by atoms with Gasteiger partial charge in [0.2, 0.25) is 23.6 Å². The summed E-state index contributed by atoms with van der Waals surface area (Å²) in [6.45, 7) is 7.10. The Kier molecular flexibility index (Phi) is 11.5. The fourth-order valence-corrected chi connectivity index (χ4v) is 2.60. The molecule has 4 amide bonds. The maximum atomic E-state index is 12.7. The van der Waals surface area contributed by atoms with E-state index in [1.54, 1.807) is 0 Å². The van der Waals surface area contributed by atoms with Gasteiger partial charge in [0, 0.05) is 0 Å². The summed E-state index contributed by atoms with van der Waals surface area (Å²) in [6.07, 6.45) is -0.0291. The molecule has 0 heterocycles. The van der Waals surface area contributed by atoms with Crippen LogP contribution in [0.4, 0.5) is 0 Å². The number of carboxylic acid groups (broad SMARTS) is 1. The van der Waals surface area contributed by atoms with Crippen molar-refractivity contribution in [1.29, 1.82) is 0 Å². The van der Waals surface area contributed by atoms with Crippen molar-refractivity contribution in [3.63, 3.8) is 0 Å². The van der Waals surface area contributed by atoms with Crippen molar-refractivity contribution < 1.29 is 29.1 Å². The van der Waals surface area contributed by atoms with Crippen molar-refractivity contribution >= 4 is 29.6 Å². The van der Waals surface area contributed by atoms with Crippen LogP contribution in [0.25, 0.3) is 0 Å². The molecule has 8 N–H and O–H groups in total. The summed E-state index contributed by atoms with van der Waals surface area (Å²) >= 11 is 0. The molecule has 0 aromatic heterocycles. The Morgan fingerprint density at radius 3 is 1.55 bits per heavy atom. The van der Waals surface area contributed by atoms with Gasteiger partial charge in [-0.2, -0.15) is 0 Å². The number of carbonyl (C=O) groups excluding carboxylic acids is 4. The van der Waals surface area contributed by atoms with Crippen LogP contribution in [0.3, 0.4) is 0 Å². The smallest absolute Gasteiger partial charge is 0.326 e. The molecule has 0 rings (SSSR count). The monoisotopic (exact) mass is 415 g/mol. The van der Waals surface area contributed by atoms with Gasteiger partial charge in [-0.25, -0.2) is 4.79 Å². The highest BCUT2D eigenvalue weighted by molar-refractivity contribution is 5.94. The van der Waals surface area contributed by atoms with Gasteiger partial charge in [0.05, 0.1) is 13.0 Å². The molecule has 0 saturated heterocycles. The van der Waals surface area contributed by atoms with Crippen molar-refractivity contribution in [2.24, 2.45) is 23.3 Å². The molecule has 166 valence electrons. The highest BCUT2D eigenvalue weighted by Gasteiger charge is 2.30. The van der Waals surface area contributed by atoms with Crippen LogP contribution in [0.1, 0.15) is 47.0 Å². The third-order valence-corrected chi connectivity index (χ3v) is 3.90. The summed E-state index contributed by atoms with van der Waals surface area (Å²) in [4.78, 5) is 59.2. The van der Waals surface area contributed by atoms with Crippen LogP contribution in [-0.2, 0) is 24.0 Å². The second kappa shape index (κ2) is 12.7. The van der Waals surface area contributed by atoms with Gasteiger partial charge in [0.15, 0.2) is 0 Å². The van der Waals surface area contributed by atoms with Crippen molar-refractivity contribution in [1.82, 2.24) is 16.0 Å². The average molecular weight is 415 g/mol. The first-order valence-electron chi connectivity index (χ1n) is 9.48. The van der Waals surface area contributed by atoms with Gasteiger partial charge in [-0.3, -0.25) is 19.2 Å². The predicted octanol–water partition coefficient (Wildman–Crippen LogP) is -1.55. The van der Waals surface area contributed by atoms with E-state index in [9.17, 15) is 24.0 Å². The number of rotatable bonds is 13. The number of carboxylic acids is 1. The minimum Gasteiger partial charge on any atom is -0.480 e. The van der Waals surface area contributed by atoms with E-state index in [1.807, 2.05) is 27.7 Å². The van der Waals surface area contributed by atoms with E-state index in [-0.39, 0.29) is 24.8 Å². The lowest BCUT2D eigenvalue weighted by molar-refractivity contribution is -0.143. The molecule has 3 atom stereocenters. The summed E-state index contributed by atoms with van der Waals surface area (Å²) in [5, 5.41) is 16.5. The largest absolute Gasteiger partial charge is 0.480 e. The second-order valence-corrected chi connectivity index (χ2v) is 7.71. The Morgan fingerprint density at radius 1 is 0.793 bits per heavy atom. The Balaban J connectivity index is 5.38. The molecule has 0 spiro atoms. The lowest BCUT2D eigenvalue weighted by atomic mass is 9.99. The highest BCUT2D eigenvalue weighted by Crippen LogP contribution is 2.09. The summed E-state index contributed by atoms with van der Waals surface area (Å²) < 4.78 is 0. The number of primary amides is 1. The van der Waals surface area contributed by atoms with Gasteiger partial charge in [0.1, 0.15) is 18.1 Å². The van der Waals surface area contributed by atoms with E-state index >= 15 is 0 Å². The lowest BCUT2D eigenvalue weighted by Crippen LogP contribution is -2.57. The van der Waals surface area contributed by atoms with Gasteiger partial charge in [-0.1, -0.05) is 27.7 Å². The molecule has 29 heavy (non-hydrogen) atoms. The molecule has 0 saturated carbocycles. The standard InChI is InChI=1S/C18H33N5O6/c1-9(2)5-11(21-15(25)8-19)16(26)22-12(6-10(3)4)17(27)23-13(18(28)29)7-14(20)24/h9-13H,5-8,19H2,1-4H3,(H2,20,24)(H,21,25)(H,22,26)(H,23,27)(H,28,29). The van der Waals surface area contributed by atoms with E-state index in [1.165, 1.54) is 0 Å².